The predicted molar refractivity (Wildman–Crippen MR) is 50.8 cm³/mol. The fourth-order valence-corrected chi connectivity index (χ4v) is 2.20. The quantitative estimate of drug-likeness (QED) is 0.673. The van der Waals surface area contributed by atoms with Crippen LogP contribution in [0.25, 0.3) is 0 Å². The summed E-state index contributed by atoms with van der Waals surface area (Å²) in [6.07, 6.45) is 0. The molecule has 0 aliphatic heterocycles. The largest absolute Gasteiger partial charge is 0.154 e. The molecule has 0 atom stereocenters. The first-order valence-corrected chi connectivity index (χ1v) is 5.36. The first kappa shape index (κ1) is 8.15. The van der Waals surface area contributed by atoms with Crippen molar-refractivity contribution in [1.29, 1.82) is 0 Å². The highest BCUT2D eigenvalue weighted by molar-refractivity contribution is 7.99. The molecule has 1 heterocycles. The van der Waals surface area contributed by atoms with Crippen molar-refractivity contribution >= 4 is 23.1 Å². The van der Waals surface area contributed by atoms with E-state index >= 15 is 0 Å². The summed E-state index contributed by atoms with van der Waals surface area (Å²) in [5.74, 6) is 1.18. The van der Waals surface area contributed by atoms with Crippen molar-refractivity contribution in [3.63, 3.8) is 0 Å². The standard InChI is InChI=1S/C8H12S2/c1-7(2)10-6-8-4-3-5-9-8/h3-5,7H,6H2,1-2H3. The Morgan fingerprint density at radius 1 is 1.60 bits per heavy atom. The molecule has 0 unspecified atom stereocenters. The zero-order valence-corrected chi connectivity index (χ0v) is 7.97. The van der Waals surface area contributed by atoms with Gasteiger partial charge in [-0.2, -0.15) is 11.8 Å². The van der Waals surface area contributed by atoms with Crippen LogP contribution in [0.5, 0.6) is 0 Å². The monoisotopic (exact) mass is 172 g/mol. The second-order valence-electron chi connectivity index (χ2n) is 2.44. The Morgan fingerprint density at radius 3 is 2.90 bits per heavy atom. The number of hydrogen-bond donors (Lipinski definition) is 0. The molecule has 0 bridgehead atoms. The van der Waals surface area contributed by atoms with Gasteiger partial charge in [-0.1, -0.05) is 19.9 Å². The Morgan fingerprint density at radius 2 is 2.40 bits per heavy atom. The maximum atomic E-state index is 2.23. The van der Waals surface area contributed by atoms with Gasteiger partial charge < -0.3 is 0 Å². The van der Waals surface area contributed by atoms with E-state index in [9.17, 15) is 0 Å². The molecule has 0 amide bonds. The Balaban J connectivity index is 2.28. The second kappa shape index (κ2) is 4.04. The molecule has 1 aromatic rings. The first-order valence-electron chi connectivity index (χ1n) is 3.43. The molecule has 1 rings (SSSR count). The van der Waals surface area contributed by atoms with Crippen molar-refractivity contribution in [2.75, 3.05) is 0 Å². The van der Waals surface area contributed by atoms with Gasteiger partial charge in [0.15, 0.2) is 0 Å². The first-order chi connectivity index (χ1) is 4.79. The molecule has 0 saturated carbocycles. The zero-order valence-electron chi connectivity index (χ0n) is 6.33. The van der Waals surface area contributed by atoms with Crippen LogP contribution in [-0.4, -0.2) is 5.25 Å². The fraction of sp³-hybridized carbons (Fsp3) is 0.500. The molecular weight excluding hydrogens is 160 g/mol. The van der Waals surface area contributed by atoms with E-state index in [0.717, 1.165) is 5.25 Å². The summed E-state index contributed by atoms with van der Waals surface area (Å²) in [7, 11) is 0. The van der Waals surface area contributed by atoms with Crippen molar-refractivity contribution in [3.05, 3.63) is 22.4 Å². The molecule has 0 nitrogen and oxygen atoms in total. The summed E-state index contributed by atoms with van der Waals surface area (Å²) >= 11 is 3.84. The Hall–Kier alpha value is 0.0500. The SMILES string of the molecule is CC(C)SCc1cccs1. The van der Waals surface area contributed by atoms with Gasteiger partial charge in [-0.15, -0.1) is 11.3 Å². The number of rotatable bonds is 3. The lowest BCUT2D eigenvalue weighted by Crippen LogP contribution is -1.85. The molecule has 0 aliphatic carbocycles. The lowest BCUT2D eigenvalue weighted by atomic mass is 10.5. The molecule has 56 valence electrons. The Labute approximate surface area is 70.7 Å². The van der Waals surface area contributed by atoms with Gasteiger partial charge in [0.05, 0.1) is 0 Å². The average Bonchev–Trinajstić information content (AvgIpc) is 2.34. The summed E-state index contributed by atoms with van der Waals surface area (Å²) in [4.78, 5) is 1.48. The molecule has 0 fully saturated rings. The van der Waals surface area contributed by atoms with Gasteiger partial charge in [-0.05, 0) is 16.7 Å². The van der Waals surface area contributed by atoms with Gasteiger partial charge >= 0.3 is 0 Å². The van der Waals surface area contributed by atoms with Crippen LogP contribution in [0, 0.1) is 0 Å². The minimum Gasteiger partial charge on any atom is -0.154 e. The molecule has 0 aliphatic rings. The molecule has 0 spiro atoms. The second-order valence-corrected chi connectivity index (χ2v) is 5.04. The molecule has 1 aromatic heterocycles. The maximum absolute atomic E-state index is 2.23. The van der Waals surface area contributed by atoms with Crippen LogP contribution in [0.15, 0.2) is 17.5 Å². The van der Waals surface area contributed by atoms with E-state index in [4.69, 9.17) is 0 Å². The van der Waals surface area contributed by atoms with Crippen LogP contribution in [-0.2, 0) is 5.75 Å². The Bertz CT molecular complexity index is 165. The van der Waals surface area contributed by atoms with Crippen molar-refractivity contribution in [1.82, 2.24) is 0 Å². The Kier molecular flexibility index (Phi) is 3.29. The van der Waals surface area contributed by atoms with E-state index in [1.54, 1.807) is 0 Å². The van der Waals surface area contributed by atoms with Crippen molar-refractivity contribution in [2.45, 2.75) is 24.9 Å². The van der Waals surface area contributed by atoms with Gasteiger partial charge in [0.2, 0.25) is 0 Å². The minimum absolute atomic E-state index is 0.752. The molecule has 0 saturated heterocycles. The lowest BCUT2D eigenvalue weighted by Gasteiger charge is -2.00. The number of thiophene rings is 1. The normalized spacial score (nSPS) is 10.7. The lowest BCUT2D eigenvalue weighted by molar-refractivity contribution is 1.11. The third-order valence-electron chi connectivity index (χ3n) is 1.14. The van der Waals surface area contributed by atoms with Gasteiger partial charge in [-0.3, -0.25) is 0 Å². The van der Waals surface area contributed by atoms with Crippen molar-refractivity contribution < 1.29 is 0 Å². The molecular formula is C8H12S2. The van der Waals surface area contributed by atoms with E-state index in [1.165, 1.54) is 10.6 Å². The van der Waals surface area contributed by atoms with Crippen LogP contribution in [0.3, 0.4) is 0 Å². The van der Waals surface area contributed by atoms with Gasteiger partial charge in [0.1, 0.15) is 0 Å². The minimum atomic E-state index is 0.752. The van der Waals surface area contributed by atoms with Crippen molar-refractivity contribution in [2.24, 2.45) is 0 Å². The summed E-state index contributed by atoms with van der Waals surface area (Å²) in [5, 5.41) is 2.89. The van der Waals surface area contributed by atoms with Gasteiger partial charge in [0, 0.05) is 10.6 Å². The molecule has 2 heteroatoms. The van der Waals surface area contributed by atoms with Gasteiger partial charge in [0.25, 0.3) is 0 Å². The van der Waals surface area contributed by atoms with E-state index < -0.39 is 0 Å². The molecule has 0 N–H and O–H groups in total. The van der Waals surface area contributed by atoms with E-state index in [0.29, 0.717) is 0 Å². The smallest absolute Gasteiger partial charge is 0.0281 e. The highest BCUT2D eigenvalue weighted by Gasteiger charge is 1.96. The van der Waals surface area contributed by atoms with Crippen LogP contribution < -0.4 is 0 Å². The third-order valence-corrected chi connectivity index (χ3v) is 3.34. The summed E-state index contributed by atoms with van der Waals surface area (Å²) in [6, 6.07) is 4.31. The summed E-state index contributed by atoms with van der Waals surface area (Å²) < 4.78 is 0. The van der Waals surface area contributed by atoms with Crippen LogP contribution in [0.2, 0.25) is 0 Å². The highest BCUT2D eigenvalue weighted by Crippen LogP contribution is 2.20. The van der Waals surface area contributed by atoms with E-state index in [1.807, 2.05) is 23.1 Å². The zero-order chi connectivity index (χ0) is 7.40. The maximum Gasteiger partial charge on any atom is 0.0281 e. The van der Waals surface area contributed by atoms with Crippen LogP contribution in [0.1, 0.15) is 18.7 Å². The van der Waals surface area contributed by atoms with E-state index in [-0.39, 0.29) is 0 Å². The van der Waals surface area contributed by atoms with Crippen LogP contribution >= 0.6 is 23.1 Å². The topological polar surface area (TPSA) is 0 Å². The molecule has 0 aromatic carbocycles. The predicted octanol–water partition coefficient (Wildman–Crippen LogP) is 3.39. The summed E-state index contributed by atoms with van der Waals surface area (Å²) in [6.45, 7) is 4.47. The summed E-state index contributed by atoms with van der Waals surface area (Å²) in [5.41, 5.74) is 0. The average molecular weight is 172 g/mol. The van der Waals surface area contributed by atoms with E-state index in [2.05, 4.69) is 31.4 Å². The molecule has 0 radical (unpaired) electrons. The fourth-order valence-electron chi connectivity index (χ4n) is 0.644. The number of thioether (sulfide) groups is 1. The van der Waals surface area contributed by atoms with Crippen LogP contribution in [0.4, 0.5) is 0 Å². The number of hydrogen-bond acceptors (Lipinski definition) is 2. The molecule has 10 heavy (non-hydrogen) atoms. The van der Waals surface area contributed by atoms with Crippen molar-refractivity contribution in [3.8, 4) is 0 Å². The highest BCUT2D eigenvalue weighted by atomic mass is 32.2. The van der Waals surface area contributed by atoms with Gasteiger partial charge in [-0.25, -0.2) is 0 Å². The third kappa shape index (κ3) is 2.76.